The van der Waals surface area contributed by atoms with Gasteiger partial charge in [-0.1, -0.05) is 0 Å². The first-order valence-corrected chi connectivity index (χ1v) is 6.03. The molecule has 2 heterocycles. The number of nitrogens with two attached hydrogens (primary N) is 1. The van der Waals surface area contributed by atoms with E-state index in [4.69, 9.17) is 15.2 Å². The fourth-order valence-electron chi connectivity index (χ4n) is 1.85. The largest absolute Gasteiger partial charge is 0.476 e. The molecule has 1 aliphatic heterocycles. The number of pyridine rings is 1. The fourth-order valence-corrected chi connectivity index (χ4v) is 1.85. The third-order valence-electron chi connectivity index (χ3n) is 2.68. The molecule has 2 rings (SSSR count). The number of hydrogen-bond donors (Lipinski definition) is 2. The summed E-state index contributed by atoms with van der Waals surface area (Å²) < 4.78 is 10.8. The molecule has 1 atom stereocenters. The summed E-state index contributed by atoms with van der Waals surface area (Å²) >= 11 is 0. The van der Waals surface area contributed by atoms with Crippen LogP contribution >= 0.6 is 0 Å². The Hall–Kier alpha value is -1.49. The van der Waals surface area contributed by atoms with Gasteiger partial charge in [0.25, 0.3) is 0 Å². The molecule has 0 spiro atoms. The minimum Gasteiger partial charge on any atom is -0.476 e. The summed E-state index contributed by atoms with van der Waals surface area (Å²) in [6.07, 6.45) is 2.20. The van der Waals surface area contributed by atoms with Crippen LogP contribution in [-0.4, -0.2) is 30.8 Å². The highest BCUT2D eigenvalue weighted by Gasteiger charge is 2.14. The van der Waals surface area contributed by atoms with Crippen molar-refractivity contribution >= 4 is 11.5 Å². The number of anilines is 2. The van der Waals surface area contributed by atoms with Crippen molar-refractivity contribution in [2.45, 2.75) is 25.8 Å². The van der Waals surface area contributed by atoms with E-state index in [1.165, 1.54) is 0 Å². The maximum atomic E-state index is 5.77. The summed E-state index contributed by atoms with van der Waals surface area (Å²) in [6.45, 7) is 4.07. The van der Waals surface area contributed by atoms with E-state index >= 15 is 0 Å². The summed E-state index contributed by atoms with van der Waals surface area (Å²) in [4.78, 5) is 4.34. The predicted molar refractivity (Wildman–Crippen MR) is 67.3 cm³/mol. The second-order valence-corrected chi connectivity index (χ2v) is 4.08. The molecule has 1 fully saturated rings. The van der Waals surface area contributed by atoms with Gasteiger partial charge in [0.1, 0.15) is 5.82 Å². The second kappa shape index (κ2) is 5.72. The van der Waals surface area contributed by atoms with E-state index in [0.717, 1.165) is 31.9 Å². The Morgan fingerprint density at radius 3 is 3.18 bits per heavy atom. The molecule has 1 unspecified atom stereocenters. The molecule has 5 nitrogen and oxygen atoms in total. The van der Waals surface area contributed by atoms with Gasteiger partial charge < -0.3 is 20.5 Å². The smallest absolute Gasteiger partial charge is 0.239 e. The first-order chi connectivity index (χ1) is 8.29. The van der Waals surface area contributed by atoms with Gasteiger partial charge in [-0.2, -0.15) is 4.98 Å². The van der Waals surface area contributed by atoms with Gasteiger partial charge in [0, 0.05) is 6.61 Å². The monoisotopic (exact) mass is 237 g/mol. The summed E-state index contributed by atoms with van der Waals surface area (Å²) in [5.74, 6) is 1.28. The molecule has 0 bridgehead atoms. The van der Waals surface area contributed by atoms with Crippen LogP contribution in [0.25, 0.3) is 0 Å². The zero-order valence-corrected chi connectivity index (χ0v) is 10.1. The highest BCUT2D eigenvalue weighted by molar-refractivity contribution is 5.53. The van der Waals surface area contributed by atoms with Crippen LogP contribution in [0.2, 0.25) is 0 Å². The van der Waals surface area contributed by atoms with Crippen LogP contribution in [0.5, 0.6) is 5.88 Å². The van der Waals surface area contributed by atoms with Crippen molar-refractivity contribution in [1.29, 1.82) is 0 Å². The van der Waals surface area contributed by atoms with Crippen LogP contribution < -0.4 is 15.8 Å². The number of nitrogens with zero attached hydrogens (tertiary/aromatic N) is 1. The molecule has 5 heteroatoms. The number of ether oxygens (including phenoxy) is 2. The molecule has 0 aliphatic carbocycles. The summed E-state index contributed by atoms with van der Waals surface area (Å²) in [6, 6.07) is 4.01. The second-order valence-electron chi connectivity index (χ2n) is 4.08. The zero-order valence-electron chi connectivity index (χ0n) is 10.1. The Morgan fingerprint density at radius 2 is 2.47 bits per heavy atom. The Kier molecular flexibility index (Phi) is 4.03. The molecular weight excluding hydrogens is 218 g/mol. The number of nitrogen functional groups attached to an aromatic ring is 1. The maximum Gasteiger partial charge on any atom is 0.239 e. The number of nitrogens with one attached hydrogen (secondary N) is 1. The molecular formula is C12H19N3O2. The molecule has 0 amide bonds. The lowest BCUT2D eigenvalue weighted by Gasteiger charge is -2.23. The van der Waals surface area contributed by atoms with Crippen molar-refractivity contribution in [3.8, 4) is 5.88 Å². The Bertz CT molecular complexity index is 365. The van der Waals surface area contributed by atoms with E-state index in [9.17, 15) is 0 Å². The van der Waals surface area contributed by atoms with E-state index in [-0.39, 0.29) is 0 Å². The number of rotatable bonds is 4. The first kappa shape index (κ1) is 12.0. The van der Waals surface area contributed by atoms with Gasteiger partial charge in [-0.3, -0.25) is 0 Å². The highest BCUT2D eigenvalue weighted by atomic mass is 16.5. The summed E-state index contributed by atoms with van der Waals surface area (Å²) in [5.41, 5.74) is 6.34. The normalized spacial score (nSPS) is 19.9. The third-order valence-corrected chi connectivity index (χ3v) is 2.68. The van der Waals surface area contributed by atoms with Gasteiger partial charge in [-0.05, 0) is 31.9 Å². The standard InChI is InChI=1S/C12H19N3O2/c1-2-17-12-10(13)5-6-11(15-12)14-9-4-3-7-16-8-9/h5-6,9H,2-4,7-8,13H2,1H3,(H,14,15). The van der Waals surface area contributed by atoms with Crippen LogP contribution in [0.15, 0.2) is 12.1 Å². The third kappa shape index (κ3) is 3.23. The van der Waals surface area contributed by atoms with Gasteiger partial charge >= 0.3 is 0 Å². The Balaban J connectivity index is 2.02. The Morgan fingerprint density at radius 1 is 1.59 bits per heavy atom. The van der Waals surface area contributed by atoms with E-state index in [1.54, 1.807) is 0 Å². The minimum absolute atomic E-state index is 0.328. The average molecular weight is 237 g/mol. The quantitative estimate of drug-likeness (QED) is 0.833. The number of aromatic nitrogens is 1. The Labute approximate surface area is 101 Å². The molecule has 1 aromatic heterocycles. The lowest BCUT2D eigenvalue weighted by molar-refractivity contribution is 0.0875. The van der Waals surface area contributed by atoms with Crippen LogP contribution in [-0.2, 0) is 4.74 Å². The molecule has 0 saturated carbocycles. The first-order valence-electron chi connectivity index (χ1n) is 6.03. The lowest BCUT2D eigenvalue weighted by atomic mass is 10.1. The minimum atomic E-state index is 0.328. The van der Waals surface area contributed by atoms with Gasteiger partial charge in [0.2, 0.25) is 5.88 Å². The van der Waals surface area contributed by atoms with Gasteiger partial charge in [0.05, 0.1) is 24.9 Å². The van der Waals surface area contributed by atoms with E-state index in [0.29, 0.717) is 24.2 Å². The molecule has 17 heavy (non-hydrogen) atoms. The van der Waals surface area contributed by atoms with Crippen molar-refractivity contribution in [2.24, 2.45) is 0 Å². The highest BCUT2D eigenvalue weighted by Crippen LogP contribution is 2.22. The van der Waals surface area contributed by atoms with Gasteiger partial charge in [0.15, 0.2) is 0 Å². The van der Waals surface area contributed by atoms with Crippen LogP contribution in [0.4, 0.5) is 11.5 Å². The number of hydrogen-bond acceptors (Lipinski definition) is 5. The molecule has 3 N–H and O–H groups in total. The van der Waals surface area contributed by atoms with Crippen molar-refractivity contribution in [3.05, 3.63) is 12.1 Å². The maximum absolute atomic E-state index is 5.77. The summed E-state index contributed by atoms with van der Waals surface area (Å²) in [7, 11) is 0. The van der Waals surface area contributed by atoms with Crippen molar-refractivity contribution in [1.82, 2.24) is 4.98 Å². The average Bonchev–Trinajstić information content (AvgIpc) is 2.35. The molecule has 0 aromatic carbocycles. The van der Waals surface area contributed by atoms with Crippen LogP contribution in [0.3, 0.4) is 0 Å². The van der Waals surface area contributed by atoms with E-state index in [2.05, 4.69) is 10.3 Å². The predicted octanol–water partition coefficient (Wildman–Crippen LogP) is 1.65. The molecule has 1 aliphatic rings. The van der Waals surface area contributed by atoms with Crippen LogP contribution in [0, 0.1) is 0 Å². The molecule has 1 aromatic rings. The van der Waals surface area contributed by atoms with E-state index < -0.39 is 0 Å². The topological polar surface area (TPSA) is 69.4 Å². The molecule has 0 radical (unpaired) electrons. The van der Waals surface area contributed by atoms with E-state index in [1.807, 2.05) is 19.1 Å². The summed E-state index contributed by atoms with van der Waals surface area (Å²) in [5, 5.41) is 3.34. The fraction of sp³-hybridized carbons (Fsp3) is 0.583. The van der Waals surface area contributed by atoms with Crippen molar-refractivity contribution in [2.75, 3.05) is 30.9 Å². The zero-order chi connectivity index (χ0) is 12.1. The molecule has 1 saturated heterocycles. The van der Waals surface area contributed by atoms with Crippen molar-refractivity contribution in [3.63, 3.8) is 0 Å². The van der Waals surface area contributed by atoms with Crippen molar-refractivity contribution < 1.29 is 9.47 Å². The van der Waals surface area contributed by atoms with Crippen LogP contribution in [0.1, 0.15) is 19.8 Å². The van der Waals surface area contributed by atoms with Gasteiger partial charge in [-0.15, -0.1) is 0 Å². The lowest BCUT2D eigenvalue weighted by Crippen LogP contribution is -2.30. The molecule has 94 valence electrons. The van der Waals surface area contributed by atoms with Gasteiger partial charge in [-0.25, -0.2) is 0 Å². The SMILES string of the molecule is CCOc1nc(NC2CCCOC2)ccc1N.